The molecule has 0 unspecified atom stereocenters. The van der Waals surface area contributed by atoms with Gasteiger partial charge in [-0.15, -0.1) is 0 Å². The first-order chi connectivity index (χ1) is 16.9. The number of ketones is 1. The molecule has 4 aromatic rings. The zero-order valence-electron chi connectivity index (χ0n) is 19.0. The number of hydrogen-bond donors (Lipinski definition) is 2. The van der Waals surface area contributed by atoms with Gasteiger partial charge in [0.2, 0.25) is 21.7 Å². The molecule has 4 N–H and O–H groups in total. The molecule has 0 spiro atoms. The number of nitrogens with two attached hydrogens (primary N) is 2. The van der Waals surface area contributed by atoms with Crippen molar-refractivity contribution in [3.63, 3.8) is 0 Å². The number of anilines is 1. The van der Waals surface area contributed by atoms with Gasteiger partial charge in [0, 0.05) is 22.5 Å². The molecule has 0 radical (unpaired) electrons. The standard InChI is InChI=1S/C25H21Cl2N3O5S/c1-36(33,34)30(13-22(28)31)12-14-3-2-4-15(9-14)16-5-7-19-21(10-16)35-25(23(19)29)24(32)18-8-6-17(26)11-20(18)27/h2-11H,12-13,29H2,1H3,(H2,28,31). The summed E-state index contributed by atoms with van der Waals surface area (Å²) in [5.74, 6) is -1.25. The number of halogens is 2. The third kappa shape index (κ3) is 5.39. The summed E-state index contributed by atoms with van der Waals surface area (Å²) in [5, 5.41) is 1.15. The molecule has 0 saturated carbocycles. The molecular weight excluding hydrogens is 525 g/mol. The average Bonchev–Trinajstić information content (AvgIpc) is 3.13. The second-order valence-electron chi connectivity index (χ2n) is 8.21. The van der Waals surface area contributed by atoms with Crippen molar-refractivity contribution < 1.29 is 22.4 Å². The molecule has 1 amide bonds. The van der Waals surface area contributed by atoms with Gasteiger partial charge in [0.15, 0.2) is 5.76 Å². The molecule has 1 heterocycles. The summed E-state index contributed by atoms with van der Waals surface area (Å²) in [5.41, 5.74) is 14.4. The van der Waals surface area contributed by atoms with E-state index in [-0.39, 0.29) is 28.6 Å². The van der Waals surface area contributed by atoms with E-state index in [4.69, 9.17) is 39.1 Å². The van der Waals surface area contributed by atoms with Crippen LogP contribution in [0.25, 0.3) is 22.1 Å². The van der Waals surface area contributed by atoms with Crippen LogP contribution in [0.3, 0.4) is 0 Å². The zero-order chi connectivity index (χ0) is 26.2. The molecule has 36 heavy (non-hydrogen) atoms. The van der Waals surface area contributed by atoms with Crippen LogP contribution < -0.4 is 11.5 Å². The highest BCUT2D eigenvalue weighted by atomic mass is 35.5. The number of fused-ring (bicyclic) bond motifs is 1. The van der Waals surface area contributed by atoms with Crippen molar-refractivity contribution >= 4 is 61.6 Å². The summed E-state index contributed by atoms with van der Waals surface area (Å²) in [6, 6.07) is 17.0. The molecule has 0 fully saturated rings. The number of nitrogen functional groups attached to an aromatic ring is 1. The van der Waals surface area contributed by atoms with Crippen LogP contribution in [0, 0.1) is 0 Å². The lowest BCUT2D eigenvalue weighted by atomic mass is 10.0. The highest BCUT2D eigenvalue weighted by Gasteiger charge is 2.23. The maximum absolute atomic E-state index is 13.0. The smallest absolute Gasteiger partial charge is 0.232 e. The third-order valence-corrected chi connectivity index (χ3v) is 7.27. The number of rotatable bonds is 8. The van der Waals surface area contributed by atoms with Crippen LogP contribution in [0.2, 0.25) is 10.0 Å². The van der Waals surface area contributed by atoms with Gasteiger partial charge >= 0.3 is 0 Å². The minimum absolute atomic E-state index is 0.0218. The Hall–Kier alpha value is -3.37. The van der Waals surface area contributed by atoms with Crippen molar-refractivity contribution in [3.8, 4) is 11.1 Å². The van der Waals surface area contributed by atoms with Crippen molar-refractivity contribution in [2.75, 3.05) is 18.5 Å². The average molecular weight is 546 g/mol. The van der Waals surface area contributed by atoms with Crippen LogP contribution in [0.5, 0.6) is 0 Å². The Morgan fingerprint density at radius 1 is 1.00 bits per heavy atom. The van der Waals surface area contributed by atoms with Gasteiger partial charge in [0.05, 0.1) is 23.5 Å². The number of carbonyl (C=O) groups excluding carboxylic acids is 2. The molecule has 1 aromatic heterocycles. The summed E-state index contributed by atoms with van der Waals surface area (Å²) >= 11 is 12.1. The fourth-order valence-corrected chi connectivity index (χ4v) is 5.02. The summed E-state index contributed by atoms with van der Waals surface area (Å²) < 4.78 is 31.0. The first-order valence-corrected chi connectivity index (χ1v) is 13.2. The summed E-state index contributed by atoms with van der Waals surface area (Å²) in [6.07, 6.45) is 1.02. The van der Waals surface area contributed by atoms with Crippen molar-refractivity contribution in [1.29, 1.82) is 0 Å². The van der Waals surface area contributed by atoms with Crippen LogP contribution in [-0.2, 0) is 21.4 Å². The van der Waals surface area contributed by atoms with E-state index in [1.807, 2.05) is 12.1 Å². The van der Waals surface area contributed by atoms with Crippen LogP contribution in [0.15, 0.2) is 65.1 Å². The van der Waals surface area contributed by atoms with Crippen molar-refractivity contribution in [2.24, 2.45) is 5.73 Å². The Morgan fingerprint density at radius 2 is 1.72 bits per heavy atom. The summed E-state index contributed by atoms with van der Waals surface area (Å²) in [4.78, 5) is 24.4. The van der Waals surface area contributed by atoms with Gasteiger partial charge in [0.25, 0.3) is 0 Å². The molecule has 0 aliphatic heterocycles. The number of hydrogen-bond acceptors (Lipinski definition) is 6. The van der Waals surface area contributed by atoms with E-state index in [0.717, 1.165) is 21.7 Å². The minimum Gasteiger partial charge on any atom is -0.450 e. The van der Waals surface area contributed by atoms with E-state index >= 15 is 0 Å². The SMILES string of the molecule is CS(=O)(=O)N(CC(N)=O)Cc1cccc(-c2ccc3c(N)c(C(=O)c4ccc(Cl)cc4Cl)oc3c2)c1. The molecule has 0 bridgehead atoms. The van der Waals surface area contributed by atoms with Gasteiger partial charge < -0.3 is 15.9 Å². The molecule has 8 nitrogen and oxygen atoms in total. The Morgan fingerprint density at radius 3 is 2.39 bits per heavy atom. The van der Waals surface area contributed by atoms with Gasteiger partial charge in [-0.3, -0.25) is 9.59 Å². The van der Waals surface area contributed by atoms with Gasteiger partial charge in [-0.05, 0) is 53.1 Å². The van der Waals surface area contributed by atoms with E-state index in [9.17, 15) is 18.0 Å². The first kappa shape index (κ1) is 25.7. The molecule has 0 aliphatic carbocycles. The Labute approximate surface area is 217 Å². The highest BCUT2D eigenvalue weighted by Crippen LogP contribution is 2.35. The lowest BCUT2D eigenvalue weighted by Gasteiger charge is -2.18. The molecule has 0 aliphatic rings. The molecule has 0 saturated heterocycles. The van der Waals surface area contributed by atoms with Crippen LogP contribution in [0.4, 0.5) is 5.69 Å². The lowest BCUT2D eigenvalue weighted by molar-refractivity contribution is -0.118. The molecular formula is C25H21Cl2N3O5S. The van der Waals surface area contributed by atoms with Gasteiger partial charge in [-0.25, -0.2) is 8.42 Å². The van der Waals surface area contributed by atoms with Crippen molar-refractivity contribution in [1.82, 2.24) is 4.31 Å². The van der Waals surface area contributed by atoms with E-state index < -0.39 is 28.3 Å². The highest BCUT2D eigenvalue weighted by molar-refractivity contribution is 7.88. The van der Waals surface area contributed by atoms with Crippen molar-refractivity contribution in [3.05, 3.63) is 87.6 Å². The first-order valence-electron chi connectivity index (χ1n) is 10.6. The molecule has 4 rings (SSSR count). The Bertz CT molecular complexity index is 1620. The quantitative estimate of drug-likeness (QED) is 0.313. The number of primary amides is 1. The largest absolute Gasteiger partial charge is 0.450 e. The molecule has 0 atom stereocenters. The second kappa shape index (κ2) is 9.94. The van der Waals surface area contributed by atoms with Crippen LogP contribution in [-0.4, -0.2) is 37.2 Å². The van der Waals surface area contributed by atoms with E-state index in [1.165, 1.54) is 12.1 Å². The lowest BCUT2D eigenvalue weighted by Crippen LogP contribution is -2.37. The van der Waals surface area contributed by atoms with Gasteiger partial charge in [0.1, 0.15) is 5.58 Å². The number of sulfonamides is 1. The van der Waals surface area contributed by atoms with Crippen molar-refractivity contribution in [2.45, 2.75) is 6.54 Å². The second-order valence-corrected chi connectivity index (χ2v) is 11.0. The van der Waals surface area contributed by atoms with E-state index in [0.29, 0.717) is 21.6 Å². The number of benzene rings is 3. The van der Waals surface area contributed by atoms with Gasteiger partial charge in [-0.2, -0.15) is 4.31 Å². The monoisotopic (exact) mass is 545 g/mol. The van der Waals surface area contributed by atoms with Crippen LogP contribution >= 0.6 is 23.2 Å². The predicted octanol–water partition coefficient (Wildman–Crippen LogP) is 4.47. The minimum atomic E-state index is -3.65. The fraction of sp³-hybridized carbons (Fsp3) is 0.120. The third-order valence-electron chi connectivity index (χ3n) is 5.53. The number of carbonyl (C=O) groups is 2. The van der Waals surface area contributed by atoms with E-state index in [1.54, 1.807) is 36.4 Å². The van der Waals surface area contributed by atoms with E-state index in [2.05, 4.69) is 0 Å². The topological polar surface area (TPSA) is 137 Å². The Kier molecular flexibility index (Phi) is 7.10. The zero-order valence-corrected chi connectivity index (χ0v) is 21.3. The predicted molar refractivity (Wildman–Crippen MR) is 140 cm³/mol. The molecule has 186 valence electrons. The summed E-state index contributed by atoms with van der Waals surface area (Å²) in [6.45, 7) is -0.443. The maximum Gasteiger partial charge on any atom is 0.232 e. The maximum atomic E-state index is 13.0. The molecule has 11 heteroatoms. The van der Waals surface area contributed by atoms with Gasteiger partial charge in [-0.1, -0.05) is 47.5 Å². The van der Waals surface area contributed by atoms with Crippen LogP contribution in [0.1, 0.15) is 21.7 Å². The number of furan rings is 1. The normalized spacial score (nSPS) is 11.8. The fourth-order valence-electron chi connectivity index (χ4n) is 3.78. The Balaban J connectivity index is 1.68. The number of amides is 1. The summed E-state index contributed by atoms with van der Waals surface area (Å²) in [7, 11) is -3.65. The number of nitrogens with zero attached hydrogens (tertiary/aromatic N) is 1. The molecule has 3 aromatic carbocycles.